The Morgan fingerprint density at radius 1 is 1.35 bits per heavy atom. The number of hydrogen-bond acceptors (Lipinski definition) is 4. The molecular formula is C14H20Cl2N2O2. The quantitative estimate of drug-likeness (QED) is 0.927. The van der Waals surface area contributed by atoms with E-state index in [2.05, 4.69) is 17.3 Å². The van der Waals surface area contributed by atoms with Crippen molar-refractivity contribution >= 4 is 24.0 Å². The minimum Gasteiger partial charge on any atom is -0.486 e. The van der Waals surface area contributed by atoms with Crippen LogP contribution in [0.5, 0.6) is 11.5 Å². The van der Waals surface area contributed by atoms with Gasteiger partial charge in [-0.25, -0.2) is 0 Å². The zero-order chi connectivity index (χ0) is 13.2. The highest BCUT2D eigenvalue weighted by Gasteiger charge is 2.21. The van der Waals surface area contributed by atoms with Crippen LogP contribution in [0.2, 0.25) is 5.02 Å². The van der Waals surface area contributed by atoms with Gasteiger partial charge < -0.3 is 14.8 Å². The first-order valence-corrected chi connectivity index (χ1v) is 7.11. The monoisotopic (exact) mass is 318 g/mol. The lowest BCUT2D eigenvalue weighted by molar-refractivity contribution is 0.171. The molecule has 112 valence electrons. The Labute approximate surface area is 130 Å². The summed E-state index contributed by atoms with van der Waals surface area (Å²) in [5, 5.41) is 4.03. The van der Waals surface area contributed by atoms with Crippen LogP contribution in [-0.4, -0.2) is 44.3 Å². The average Bonchev–Trinajstić information content (AvgIpc) is 2.93. The largest absolute Gasteiger partial charge is 0.486 e. The molecule has 4 nitrogen and oxygen atoms in total. The number of likely N-dealkylation sites (N-methyl/N-ethyl adjacent to an activating group) is 1. The number of fused-ring (bicyclic) bond motifs is 1. The summed E-state index contributed by atoms with van der Waals surface area (Å²) >= 11 is 6.25. The van der Waals surface area contributed by atoms with E-state index in [9.17, 15) is 0 Å². The van der Waals surface area contributed by atoms with Crippen LogP contribution in [0.25, 0.3) is 0 Å². The Morgan fingerprint density at radius 2 is 2.15 bits per heavy atom. The first-order chi connectivity index (χ1) is 9.24. The molecule has 0 spiro atoms. The van der Waals surface area contributed by atoms with E-state index in [1.54, 1.807) is 0 Å². The smallest absolute Gasteiger partial charge is 0.179 e. The summed E-state index contributed by atoms with van der Waals surface area (Å²) in [6, 6.07) is 4.62. The fourth-order valence-electron chi connectivity index (χ4n) is 2.69. The van der Waals surface area contributed by atoms with E-state index in [0.29, 0.717) is 30.0 Å². The number of ether oxygens (including phenoxy) is 2. The molecule has 1 atom stereocenters. The predicted octanol–water partition coefficient (Wildman–Crippen LogP) is 2.33. The molecule has 1 aromatic carbocycles. The van der Waals surface area contributed by atoms with Gasteiger partial charge in [0.1, 0.15) is 13.2 Å². The van der Waals surface area contributed by atoms with E-state index in [0.717, 1.165) is 25.4 Å². The van der Waals surface area contributed by atoms with Gasteiger partial charge in [0.05, 0.1) is 5.02 Å². The Bertz CT molecular complexity index is 465. The van der Waals surface area contributed by atoms with Crippen molar-refractivity contribution in [2.45, 2.75) is 19.0 Å². The Balaban J connectivity index is 0.00000147. The van der Waals surface area contributed by atoms with Gasteiger partial charge >= 0.3 is 0 Å². The Morgan fingerprint density at radius 3 is 2.90 bits per heavy atom. The van der Waals surface area contributed by atoms with Crippen molar-refractivity contribution in [1.29, 1.82) is 0 Å². The Hall–Kier alpha value is -0.680. The summed E-state index contributed by atoms with van der Waals surface area (Å²) in [4.78, 5) is 2.36. The molecule has 1 fully saturated rings. The summed E-state index contributed by atoms with van der Waals surface area (Å²) in [6.07, 6.45) is 1.20. The van der Waals surface area contributed by atoms with Crippen molar-refractivity contribution in [2.75, 3.05) is 33.4 Å². The third-order valence-corrected chi connectivity index (χ3v) is 4.03. The second kappa shape index (κ2) is 6.85. The highest BCUT2D eigenvalue weighted by molar-refractivity contribution is 6.32. The molecule has 1 N–H and O–H groups in total. The van der Waals surface area contributed by atoms with Crippen LogP contribution < -0.4 is 14.8 Å². The minimum absolute atomic E-state index is 0. The summed E-state index contributed by atoms with van der Waals surface area (Å²) in [6.45, 7) is 4.21. The zero-order valence-corrected chi connectivity index (χ0v) is 13.1. The highest BCUT2D eigenvalue weighted by Crippen LogP contribution is 2.38. The van der Waals surface area contributed by atoms with Crippen molar-refractivity contribution in [2.24, 2.45) is 0 Å². The molecule has 2 aliphatic rings. The van der Waals surface area contributed by atoms with Gasteiger partial charge in [-0.15, -0.1) is 12.4 Å². The van der Waals surface area contributed by atoms with Gasteiger partial charge in [0, 0.05) is 19.1 Å². The number of benzene rings is 1. The van der Waals surface area contributed by atoms with Gasteiger partial charge in [0.25, 0.3) is 0 Å². The number of nitrogens with zero attached hydrogens (tertiary/aromatic N) is 1. The fraction of sp³-hybridized carbons (Fsp3) is 0.571. The molecule has 1 unspecified atom stereocenters. The van der Waals surface area contributed by atoms with Crippen LogP contribution in [0.4, 0.5) is 0 Å². The van der Waals surface area contributed by atoms with E-state index in [4.69, 9.17) is 21.1 Å². The summed E-state index contributed by atoms with van der Waals surface area (Å²) in [5.41, 5.74) is 1.17. The molecule has 0 saturated carbocycles. The minimum atomic E-state index is 0. The summed E-state index contributed by atoms with van der Waals surface area (Å²) in [5.74, 6) is 1.45. The lowest BCUT2D eigenvalue weighted by Gasteiger charge is -2.25. The van der Waals surface area contributed by atoms with Crippen molar-refractivity contribution in [3.63, 3.8) is 0 Å². The molecule has 0 amide bonds. The van der Waals surface area contributed by atoms with E-state index >= 15 is 0 Å². The molecule has 0 radical (unpaired) electrons. The van der Waals surface area contributed by atoms with Gasteiger partial charge in [-0.05, 0) is 37.7 Å². The molecule has 2 heterocycles. The molecule has 1 saturated heterocycles. The first-order valence-electron chi connectivity index (χ1n) is 6.73. The van der Waals surface area contributed by atoms with E-state index in [1.807, 2.05) is 12.1 Å². The van der Waals surface area contributed by atoms with Gasteiger partial charge in [-0.3, -0.25) is 4.90 Å². The van der Waals surface area contributed by atoms with Crippen LogP contribution in [0, 0.1) is 0 Å². The second-order valence-electron chi connectivity index (χ2n) is 5.16. The highest BCUT2D eigenvalue weighted by atomic mass is 35.5. The van der Waals surface area contributed by atoms with Gasteiger partial charge in [-0.2, -0.15) is 0 Å². The molecule has 2 aliphatic heterocycles. The van der Waals surface area contributed by atoms with Gasteiger partial charge in [0.2, 0.25) is 0 Å². The zero-order valence-electron chi connectivity index (χ0n) is 11.5. The third kappa shape index (κ3) is 3.31. The van der Waals surface area contributed by atoms with Gasteiger partial charge in [0.15, 0.2) is 11.5 Å². The molecular weight excluding hydrogens is 299 g/mol. The topological polar surface area (TPSA) is 33.7 Å². The molecule has 1 aromatic rings. The predicted molar refractivity (Wildman–Crippen MR) is 82.4 cm³/mol. The third-order valence-electron chi connectivity index (χ3n) is 3.75. The lowest BCUT2D eigenvalue weighted by atomic mass is 10.1. The molecule has 6 heteroatoms. The van der Waals surface area contributed by atoms with Crippen LogP contribution in [0.3, 0.4) is 0 Å². The average molecular weight is 319 g/mol. The summed E-state index contributed by atoms with van der Waals surface area (Å²) in [7, 11) is 2.16. The van der Waals surface area contributed by atoms with Gasteiger partial charge in [-0.1, -0.05) is 11.6 Å². The normalized spacial score (nSPS) is 20.9. The number of hydrogen-bond donors (Lipinski definition) is 1. The molecule has 0 bridgehead atoms. The van der Waals surface area contributed by atoms with Crippen LogP contribution in [0.15, 0.2) is 12.1 Å². The van der Waals surface area contributed by atoms with Crippen LogP contribution in [-0.2, 0) is 6.54 Å². The Kier molecular flexibility index (Phi) is 5.38. The second-order valence-corrected chi connectivity index (χ2v) is 5.57. The van der Waals surface area contributed by atoms with Crippen LogP contribution >= 0.6 is 24.0 Å². The fourth-order valence-corrected chi connectivity index (χ4v) is 2.98. The van der Waals surface area contributed by atoms with E-state index in [1.165, 1.54) is 12.0 Å². The number of nitrogens with one attached hydrogen (secondary N) is 1. The first kappa shape index (κ1) is 15.7. The maximum atomic E-state index is 6.25. The molecule has 20 heavy (non-hydrogen) atoms. The SMILES string of the molecule is CN(Cc1cc(Cl)c2c(c1)OCCO2)C1CCNC1.Cl. The van der Waals surface area contributed by atoms with Crippen molar-refractivity contribution in [1.82, 2.24) is 10.2 Å². The molecule has 0 aromatic heterocycles. The maximum Gasteiger partial charge on any atom is 0.179 e. The summed E-state index contributed by atoms with van der Waals surface area (Å²) < 4.78 is 11.1. The van der Waals surface area contributed by atoms with Crippen LogP contribution in [0.1, 0.15) is 12.0 Å². The number of halogens is 2. The van der Waals surface area contributed by atoms with Crippen molar-refractivity contribution in [3.8, 4) is 11.5 Å². The maximum absolute atomic E-state index is 6.25. The van der Waals surface area contributed by atoms with E-state index < -0.39 is 0 Å². The number of rotatable bonds is 3. The van der Waals surface area contributed by atoms with E-state index in [-0.39, 0.29) is 12.4 Å². The molecule has 3 rings (SSSR count). The van der Waals surface area contributed by atoms with Crippen molar-refractivity contribution in [3.05, 3.63) is 22.7 Å². The molecule has 0 aliphatic carbocycles. The lowest BCUT2D eigenvalue weighted by Crippen LogP contribution is -2.32. The standard InChI is InChI=1S/C14H19ClN2O2.ClH/c1-17(11-2-3-16-8-11)9-10-6-12(15)14-13(7-10)18-4-5-19-14;/h6-7,11,16H,2-5,8-9H2,1H3;1H. The van der Waals surface area contributed by atoms with Crippen molar-refractivity contribution < 1.29 is 9.47 Å².